The fourth-order valence-electron chi connectivity index (χ4n) is 4.19. The zero-order valence-electron chi connectivity index (χ0n) is 20.2. The third-order valence-electron chi connectivity index (χ3n) is 6.31. The van der Waals surface area contributed by atoms with Gasteiger partial charge in [0.05, 0.1) is 19.8 Å². The van der Waals surface area contributed by atoms with Crippen LogP contribution in [0.3, 0.4) is 0 Å². The molecule has 2 aliphatic rings. The Morgan fingerprint density at radius 2 is 1.81 bits per heavy atom. The Kier molecular flexibility index (Phi) is 11.1. The first kappa shape index (κ1) is 24.8. The van der Waals surface area contributed by atoms with Gasteiger partial charge < -0.3 is 25.0 Å². The van der Waals surface area contributed by atoms with E-state index in [0.29, 0.717) is 13.2 Å². The third kappa shape index (κ3) is 8.96. The molecule has 0 aromatic heterocycles. The lowest BCUT2D eigenvalue weighted by Gasteiger charge is -2.30. The van der Waals surface area contributed by atoms with Gasteiger partial charge in [0.25, 0.3) is 0 Å². The molecule has 180 valence electrons. The molecule has 0 amide bonds. The minimum absolute atomic E-state index is 0.604. The number of hydrogen-bond donors (Lipinski definition) is 2. The van der Waals surface area contributed by atoms with Crippen LogP contribution in [0.25, 0.3) is 0 Å². The number of ether oxygens (including phenoxy) is 2. The van der Waals surface area contributed by atoms with Gasteiger partial charge in [-0.1, -0.05) is 25.1 Å². The molecular weight excluding hydrogens is 402 g/mol. The smallest absolute Gasteiger partial charge is 0.191 e. The molecule has 0 spiro atoms. The van der Waals surface area contributed by atoms with Crippen LogP contribution in [0, 0.1) is 5.92 Å². The van der Waals surface area contributed by atoms with Crippen molar-refractivity contribution < 1.29 is 9.47 Å². The lowest BCUT2D eigenvalue weighted by molar-refractivity contribution is 0.0322. The molecular formula is C25H43N5O2. The standard InChI is InChI=1S/C25H43N5O2/c1-3-26-25(27-11-6-12-29-13-9-22(2)10-14-29)28-21-23-7-4-5-8-24(23)32-20-17-30-15-18-31-19-16-30/h4-5,7-8,22H,3,6,9-21H2,1-2H3,(H2,26,27,28). The van der Waals surface area contributed by atoms with E-state index in [1.807, 2.05) is 12.1 Å². The lowest BCUT2D eigenvalue weighted by atomic mass is 9.99. The summed E-state index contributed by atoms with van der Waals surface area (Å²) in [7, 11) is 0. The second kappa shape index (κ2) is 14.3. The van der Waals surface area contributed by atoms with Crippen molar-refractivity contribution >= 4 is 5.96 Å². The van der Waals surface area contributed by atoms with Gasteiger partial charge in [-0.25, -0.2) is 4.99 Å². The first-order chi connectivity index (χ1) is 15.7. The molecule has 3 rings (SSSR count). The van der Waals surface area contributed by atoms with Crippen LogP contribution >= 0.6 is 0 Å². The Bertz CT molecular complexity index is 670. The Labute approximate surface area is 194 Å². The summed E-state index contributed by atoms with van der Waals surface area (Å²) in [5.74, 6) is 2.70. The molecule has 2 saturated heterocycles. The normalized spacial score (nSPS) is 19.1. The highest BCUT2D eigenvalue weighted by molar-refractivity contribution is 5.79. The molecule has 0 bridgehead atoms. The van der Waals surface area contributed by atoms with E-state index < -0.39 is 0 Å². The lowest BCUT2D eigenvalue weighted by Crippen LogP contribution is -2.39. The molecule has 0 unspecified atom stereocenters. The van der Waals surface area contributed by atoms with Gasteiger partial charge in [-0.3, -0.25) is 4.90 Å². The summed E-state index contributed by atoms with van der Waals surface area (Å²) in [5.41, 5.74) is 1.12. The molecule has 0 atom stereocenters. The zero-order valence-corrected chi connectivity index (χ0v) is 20.2. The van der Waals surface area contributed by atoms with Crippen LogP contribution in [0.5, 0.6) is 5.75 Å². The van der Waals surface area contributed by atoms with E-state index in [0.717, 1.165) is 75.5 Å². The van der Waals surface area contributed by atoms with Crippen molar-refractivity contribution in [3.63, 3.8) is 0 Å². The molecule has 32 heavy (non-hydrogen) atoms. The number of likely N-dealkylation sites (tertiary alicyclic amines) is 1. The summed E-state index contributed by atoms with van der Waals surface area (Å²) in [6, 6.07) is 8.24. The number of rotatable bonds is 11. The number of morpholine rings is 1. The van der Waals surface area contributed by atoms with Crippen molar-refractivity contribution in [2.45, 2.75) is 39.7 Å². The van der Waals surface area contributed by atoms with Crippen LogP contribution < -0.4 is 15.4 Å². The van der Waals surface area contributed by atoms with Gasteiger partial charge in [-0.05, 0) is 57.8 Å². The number of para-hydroxylation sites is 1. The summed E-state index contributed by atoms with van der Waals surface area (Å²) in [5, 5.41) is 6.87. The summed E-state index contributed by atoms with van der Waals surface area (Å²) in [4.78, 5) is 9.79. The van der Waals surface area contributed by atoms with Crippen molar-refractivity contribution in [1.29, 1.82) is 0 Å². The highest BCUT2D eigenvalue weighted by atomic mass is 16.5. The Morgan fingerprint density at radius 3 is 2.59 bits per heavy atom. The topological polar surface area (TPSA) is 61.4 Å². The SMILES string of the molecule is CCNC(=NCc1ccccc1OCCN1CCOCC1)NCCCN1CCC(C)CC1. The van der Waals surface area contributed by atoms with E-state index in [1.54, 1.807) is 0 Å². The third-order valence-corrected chi connectivity index (χ3v) is 6.31. The highest BCUT2D eigenvalue weighted by Crippen LogP contribution is 2.19. The number of benzene rings is 1. The van der Waals surface area contributed by atoms with Crippen molar-refractivity contribution in [1.82, 2.24) is 20.4 Å². The van der Waals surface area contributed by atoms with Crippen LogP contribution in [-0.4, -0.2) is 87.9 Å². The number of aliphatic imine (C=N–C) groups is 1. The molecule has 2 N–H and O–H groups in total. The maximum Gasteiger partial charge on any atom is 0.191 e. The van der Waals surface area contributed by atoms with Gasteiger partial charge in [0, 0.05) is 38.3 Å². The van der Waals surface area contributed by atoms with Crippen LogP contribution in [0.15, 0.2) is 29.3 Å². The van der Waals surface area contributed by atoms with E-state index in [9.17, 15) is 0 Å². The fraction of sp³-hybridized carbons (Fsp3) is 0.720. The quantitative estimate of drug-likeness (QED) is 0.310. The number of hydrogen-bond acceptors (Lipinski definition) is 5. The molecule has 2 fully saturated rings. The van der Waals surface area contributed by atoms with Crippen molar-refractivity contribution in [2.24, 2.45) is 10.9 Å². The largest absolute Gasteiger partial charge is 0.492 e. The minimum atomic E-state index is 0.604. The van der Waals surface area contributed by atoms with Gasteiger partial charge >= 0.3 is 0 Å². The van der Waals surface area contributed by atoms with E-state index in [-0.39, 0.29) is 0 Å². The van der Waals surface area contributed by atoms with Crippen LogP contribution in [-0.2, 0) is 11.3 Å². The minimum Gasteiger partial charge on any atom is -0.492 e. The van der Waals surface area contributed by atoms with E-state index in [1.165, 1.54) is 32.5 Å². The maximum atomic E-state index is 6.11. The maximum absolute atomic E-state index is 6.11. The molecule has 7 nitrogen and oxygen atoms in total. The molecule has 7 heteroatoms. The van der Waals surface area contributed by atoms with E-state index in [4.69, 9.17) is 14.5 Å². The van der Waals surface area contributed by atoms with Gasteiger partial charge in [0.15, 0.2) is 5.96 Å². The Balaban J connectivity index is 1.42. The predicted octanol–water partition coefficient (Wildman–Crippen LogP) is 2.57. The Hall–Kier alpha value is -1.83. The molecule has 0 radical (unpaired) electrons. The predicted molar refractivity (Wildman–Crippen MR) is 131 cm³/mol. The Morgan fingerprint density at radius 1 is 1.06 bits per heavy atom. The highest BCUT2D eigenvalue weighted by Gasteiger charge is 2.15. The molecule has 0 saturated carbocycles. The fourth-order valence-corrected chi connectivity index (χ4v) is 4.19. The summed E-state index contributed by atoms with van der Waals surface area (Å²) >= 11 is 0. The number of nitrogens with zero attached hydrogens (tertiary/aromatic N) is 3. The second-order valence-corrected chi connectivity index (χ2v) is 8.91. The molecule has 0 aliphatic carbocycles. The first-order valence-corrected chi connectivity index (χ1v) is 12.5. The summed E-state index contributed by atoms with van der Waals surface area (Å²) < 4.78 is 11.5. The average Bonchev–Trinajstić information content (AvgIpc) is 2.83. The molecule has 2 aliphatic heterocycles. The van der Waals surface area contributed by atoms with Gasteiger partial charge in [0.2, 0.25) is 0 Å². The monoisotopic (exact) mass is 445 g/mol. The van der Waals surface area contributed by atoms with Crippen molar-refractivity contribution in [2.75, 3.05) is 72.2 Å². The van der Waals surface area contributed by atoms with Crippen molar-refractivity contribution in [3.05, 3.63) is 29.8 Å². The molecule has 2 heterocycles. The van der Waals surface area contributed by atoms with Crippen molar-refractivity contribution in [3.8, 4) is 5.75 Å². The van der Waals surface area contributed by atoms with Gasteiger partial charge in [0.1, 0.15) is 12.4 Å². The van der Waals surface area contributed by atoms with E-state index in [2.05, 4.69) is 46.4 Å². The van der Waals surface area contributed by atoms with Gasteiger partial charge in [-0.2, -0.15) is 0 Å². The molecule has 1 aromatic rings. The first-order valence-electron chi connectivity index (χ1n) is 12.5. The van der Waals surface area contributed by atoms with Crippen LogP contribution in [0.1, 0.15) is 38.7 Å². The number of guanidine groups is 1. The summed E-state index contributed by atoms with van der Waals surface area (Å²) in [6.45, 7) is 15.8. The van der Waals surface area contributed by atoms with Gasteiger partial charge in [-0.15, -0.1) is 0 Å². The zero-order chi connectivity index (χ0) is 22.4. The number of piperidine rings is 1. The summed E-state index contributed by atoms with van der Waals surface area (Å²) in [6.07, 6.45) is 3.82. The number of nitrogens with one attached hydrogen (secondary N) is 2. The van der Waals surface area contributed by atoms with E-state index >= 15 is 0 Å². The molecule has 1 aromatic carbocycles. The van der Waals surface area contributed by atoms with Crippen LogP contribution in [0.2, 0.25) is 0 Å². The second-order valence-electron chi connectivity index (χ2n) is 8.91. The van der Waals surface area contributed by atoms with Crippen LogP contribution in [0.4, 0.5) is 0 Å². The average molecular weight is 446 g/mol.